The number of carbonyl (C=O) groups is 2. The molecule has 168 valence electrons. The van der Waals surface area contributed by atoms with Gasteiger partial charge in [0.2, 0.25) is 0 Å². The predicted molar refractivity (Wildman–Crippen MR) is 133 cm³/mol. The van der Waals surface area contributed by atoms with Crippen LogP contribution in [0.25, 0.3) is 6.08 Å². The molecule has 0 bridgehead atoms. The van der Waals surface area contributed by atoms with Crippen LogP contribution >= 0.6 is 27.7 Å². The normalized spacial score (nSPS) is 14.6. The number of hydrogen-bond donors (Lipinski definition) is 2. The van der Waals surface area contributed by atoms with E-state index in [1.165, 1.54) is 11.1 Å². The molecular weight excluding hydrogens is 504 g/mol. The maximum absolute atomic E-state index is 12.9. The second-order valence-electron chi connectivity index (χ2n) is 7.18. The third kappa shape index (κ3) is 5.23. The van der Waals surface area contributed by atoms with Crippen LogP contribution in [-0.2, 0) is 15.3 Å². The van der Waals surface area contributed by atoms with E-state index in [1.54, 1.807) is 48.2 Å². The van der Waals surface area contributed by atoms with Crippen LogP contribution in [0.2, 0.25) is 0 Å². The largest absolute Gasteiger partial charge is 0.504 e. The number of amides is 2. The lowest BCUT2D eigenvalue weighted by Crippen LogP contribution is -2.35. The van der Waals surface area contributed by atoms with Crippen LogP contribution < -0.4 is 15.2 Å². The molecule has 1 saturated heterocycles. The van der Waals surface area contributed by atoms with Gasteiger partial charge in [-0.2, -0.15) is 0 Å². The lowest BCUT2D eigenvalue weighted by Gasteiger charge is -2.14. The van der Waals surface area contributed by atoms with E-state index in [-0.39, 0.29) is 11.3 Å². The average Bonchev–Trinajstić information content (AvgIpc) is 3.10. The summed E-state index contributed by atoms with van der Waals surface area (Å²) < 4.78 is 6.60. The number of phenols is 1. The molecule has 1 aliphatic rings. The van der Waals surface area contributed by atoms with E-state index in [0.29, 0.717) is 34.9 Å². The van der Waals surface area contributed by atoms with Crippen molar-refractivity contribution in [3.05, 3.63) is 87.9 Å². The fourth-order valence-electron chi connectivity index (χ4n) is 3.32. The second kappa shape index (κ2) is 10.1. The molecule has 1 fully saturated rings. The highest BCUT2D eigenvalue weighted by Crippen LogP contribution is 2.37. The van der Waals surface area contributed by atoms with Crippen molar-refractivity contribution in [2.45, 2.75) is 17.6 Å². The molecule has 0 atom stereocenters. The highest BCUT2D eigenvalue weighted by Gasteiger charge is 2.34. The summed E-state index contributed by atoms with van der Waals surface area (Å²) in [5, 5.41) is 11.9. The van der Waals surface area contributed by atoms with Gasteiger partial charge in [-0.25, -0.2) is 5.01 Å². The Labute approximate surface area is 204 Å². The quantitative estimate of drug-likeness (QED) is 0.249. The van der Waals surface area contributed by atoms with Crippen molar-refractivity contribution < 1.29 is 19.4 Å². The minimum Gasteiger partial charge on any atom is -0.504 e. The van der Waals surface area contributed by atoms with Gasteiger partial charge in [0.25, 0.3) is 11.8 Å². The van der Waals surface area contributed by atoms with Gasteiger partial charge in [0, 0.05) is 20.7 Å². The predicted octanol–water partition coefficient (Wildman–Crippen LogP) is 5.31. The van der Waals surface area contributed by atoms with Crippen molar-refractivity contribution >= 4 is 51.3 Å². The van der Waals surface area contributed by atoms with Gasteiger partial charge in [-0.1, -0.05) is 34.1 Å². The molecule has 33 heavy (non-hydrogen) atoms. The Kier molecular flexibility index (Phi) is 7.05. The molecular formula is C25H21BrN2O4S. The van der Waals surface area contributed by atoms with Crippen molar-refractivity contribution in [1.29, 1.82) is 0 Å². The third-order valence-corrected chi connectivity index (χ3v) is 6.49. The summed E-state index contributed by atoms with van der Waals surface area (Å²) in [5.74, 6) is -0.0784. The van der Waals surface area contributed by atoms with Crippen LogP contribution in [0.3, 0.4) is 0 Å². The number of hydrogen-bond acceptors (Lipinski definition) is 5. The Morgan fingerprint density at radius 2 is 1.82 bits per heavy atom. The van der Waals surface area contributed by atoms with Crippen molar-refractivity contribution in [2.24, 2.45) is 0 Å². The number of hydrazine groups is 1. The zero-order chi connectivity index (χ0) is 23.4. The molecule has 2 N–H and O–H groups in total. The zero-order valence-electron chi connectivity index (χ0n) is 17.7. The van der Waals surface area contributed by atoms with E-state index >= 15 is 0 Å². The Bertz CT molecular complexity index is 1210. The molecule has 2 amide bonds. The Morgan fingerprint density at radius 1 is 1.09 bits per heavy atom. The monoisotopic (exact) mass is 524 g/mol. The molecule has 8 heteroatoms. The van der Waals surface area contributed by atoms with Crippen molar-refractivity contribution in [3.8, 4) is 11.5 Å². The first-order valence-electron chi connectivity index (χ1n) is 10.3. The SMILES string of the molecule is CCOc1cc(/C=C2/C(=O)NN(c3ccccc3)C2=O)cc(CSc2ccc(Br)cc2)c1O. The molecule has 0 spiro atoms. The minimum atomic E-state index is -0.485. The van der Waals surface area contributed by atoms with E-state index in [1.807, 2.05) is 37.3 Å². The smallest absolute Gasteiger partial charge is 0.282 e. The molecule has 4 rings (SSSR count). The molecule has 0 radical (unpaired) electrons. The van der Waals surface area contributed by atoms with E-state index in [4.69, 9.17) is 4.74 Å². The standard InChI is InChI=1S/C25H21BrN2O4S/c1-2-32-22-14-16(12-17(23(22)29)15-33-20-10-8-18(26)9-11-20)13-21-24(30)27-28(25(21)31)19-6-4-3-5-7-19/h3-14,29H,2,15H2,1H3,(H,27,30)/b21-13-. The number of anilines is 1. The Balaban J connectivity index is 1.64. The first-order chi connectivity index (χ1) is 16.0. The number of halogens is 1. The molecule has 6 nitrogen and oxygen atoms in total. The lowest BCUT2D eigenvalue weighted by molar-refractivity contribution is -0.117. The van der Waals surface area contributed by atoms with Crippen molar-refractivity contribution in [1.82, 2.24) is 5.43 Å². The molecule has 0 aromatic heterocycles. The average molecular weight is 525 g/mol. The number of rotatable bonds is 7. The van der Waals surface area contributed by atoms with Crippen molar-refractivity contribution in [3.63, 3.8) is 0 Å². The maximum atomic E-state index is 12.9. The number of carbonyl (C=O) groups excluding carboxylic acids is 2. The number of para-hydroxylation sites is 1. The zero-order valence-corrected chi connectivity index (χ0v) is 20.2. The van der Waals surface area contributed by atoms with Crippen LogP contribution in [0.1, 0.15) is 18.1 Å². The van der Waals surface area contributed by atoms with E-state index in [0.717, 1.165) is 9.37 Å². The van der Waals surface area contributed by atoms with Gasteiger partial charge in [0.15, 0.2) is 11.5 Å². The van der Waals surface area contributed by atoms with Crippen LogP contribution in [0, 0.1) is 0 Å². The van der Waals surface area contributed by atoms with E-state index in [9.17, 15) is 14.7 Å². The fraction of sp³-hybridized carbons (Fsp3) is 0.120. The summed E-state index contributed by atoms with van der Waals surface area (Å²) in [7, 11) is 0. The van der Waals surface area contributed by atoms with Gasteiger partial charge in [0.05, 0.1) is 12.3 Å². The van der Waals surface area contributed by atoms with Crippen LogP contribution in [0.5, 0.6) is 11.5 Å². The topological polar surface area (TPSA) is 78.9 Å². The first kappa shape index (κ1) is 22.9. The van der Waals surface area contributed by atoms with Gasteiger partial charge >= 0.3 is 0 Å². The van der Waals surface area contributed by atoms with Crippen molar-refractivity contribution in [2.75, 3.05) is 11.6 Å². The summed E-state index contributed by atoms with van der Waals surface area (Å²) in [6.07, 6.45) is 1.52. The molecule has 0 aliphatic carbocycles. The second-order valence-corrected chi connectivity index (χ2v) is 9.14. The van der Waals surface area contributed by atoms with Gasteiger partial charge in [-0.05, 0) is 67.1 Å². The summed E-state index contributed by atoms with van der Waals surface area (Å²) in [6, 6.07) is 20.2. The van der Waals surface area contributed by atoms with E-state index < -0.39 is 11.8 Å². The van der Waals surface area contributed by atoms with Crippen LogP contribution in [0.4, 0.5) is 5.69 Å². The molecule has 0 unspecified atom stereocenters. The van der Waals surface area contributed by atoms with E-state index in [2.05, 4.69) is 21.4 Å². The van der Waals surface area contributed by atoms with Crippen LogP contribution in [-0.4, -0.2) is 23.5 Å². The minimum absolute atomic E-state index is 0.0125. The van der Waals surface area contributed by atoms with Crippen LogP contribution in [0.15, 0.2) is 81.7 Å². The first-order valence-corrected chi connectivity index (χ1v) is 12.0. The Hall–Kier alpha value is -3.23. The number of thioether (sulfide) groups is 1. The fourth-order valence-corrected chi connectivity index (χ4v) is 4.46. The van der Waals surface area contributed by atoms with Gasteiger partial charge in [0.1, 0.15) is 5.57 Å². The van der Waals surface area contributed by atoms with Gasteiger partial charge < -0.3 is 9.84 Å². The number of nitrogens with one attached hydrogen (secondary N) is 1. The molecule has 1 aliphatic heterocycles. The Morgan fingerprint density at radius 3 is 2.52 bits per heavy atom. The number of nitrogens with zero attached hydrogens (tertiary/aromatic N) is 1. The number of phenolic OH excluding ortho intramolecular Hbond substituents is 1. The molecule has 1 heterocycles. The van der Waals surface area contributed by atoms with Gasteiger partial charge in [-0.3, -0.25) is 15.0 Å². The summed E-state index contributed by atoms with van der Waals surface area (Å²) in [4.78, 5) is 26.5. The molecule has 3 aromatic rings. The number of ether oxygens (including phenoxy) is 1. The summed E-state index contributed by atoms with van der Waals surface area (Å²) in [6.45, 7) is 2.20. The third-order valence-electron chi connectivity index (χ3n) is 4.90. The molecule has 3 aromatic carbocycles. The van der Waals surface area contributed by atoms with Gasteiger partial charge in [-0.15, -0.1) is 11.8 Å². The molecule has 0 saturated carbocycles. The highest BCUT2D eigenvalue weighted by atomic mass is 79.9. The number of aromatic hydroxyl groups is 1. The summed E-state index contributed by atoms with van der Waals surface area (Å²) >= 11 is 4.99. The number of benzene rings is 3. The maximum Gasteiger partial charge on any atom is 0.282 e. The lowest BCUT2D eigenvalue weighted by atomic mass is 10.1. The summed E-state index contributed by atoms with van der Waals surface area (Å²) in [5.41, 5.74) is 4.42. The highest BCUT2D eigenvalue weighted by molar-refractivity contribution is 9.10.